The second-order valence-corrected chi connectivity index (χ2v) is 5.35. The number of hydrogen-bond acceptors (Lipinski definition) is 4. The molecule has 23 heavy (non-hydrogen) atoms. The van der Waals surface area contributed by atoms with Crippen LogP contribution in [0.2, 0.25) is 0 Å². The zero-order valence-corrected chi connectivity index (χ0v) is 12.7. The Bertz CT molecular complexity index is 780. The van der Waals surface area contributed by atoms with Crippen molar-refractivity contribution in [1.82, 2.24) is 5.32 Å². The largest absolute Gasteiger partial charge is 0.497 e. The third-order valence-electron chi connectivity index (χ3n) is 3.83. The Morgan fingerprint density at radius 3 is 2.78 bits per heavy atom. The molecule has 0 spiro atoms. The highest BCUT2D eigenvalue weighted by Crippen LogP contribution is 2.36. The molecule has 1 heterocycles. The van der Waals surface area contributed by atoms with E-state index in [2.05, 4.69) is 11.4 Å². The summed E-state index contributed by atoms with van der Waals surface area (Å²) in [7, 11) is 1.59. The molecular weight excluding hydrogens is 292 g/mol. The zero-order valence-electron chi connectivity index (χ0n) is 12.7. The number of nitrogens with one attached hydrogen (secondary N) is 1. The Labute approximate surface area is 134 Å². The number of rotatable bonds is 4. The van der Waals surface area contributed by atoms with Crippen molar-refractivity contribution in [3.63, 3.8) is 0 Å². The first-order chi connectivity index (χ1) is 11.2. The van der Waals surface area contributed by atoms with E-state index in [4.69, 9.17) is 14.7 Å². The fraction of sp³-hybridized carbons (Fsp3) is 0.222. The molecule has 2 aromatic rings. The molecule has 0 aliphatic carbocycles. The molecule has 1 fully saturated rings. The smallest absolute Gasteiger partial charge is 0.220 e. The summed E-state index contributed by atoms with van der Waals surface area (Å²) in [5.74, 6) is 2.01. The minimum atomic E-state index is 0.0447. The van der Waals surface area contributed by atoms with Gasteiger partial charge < -0.3 is 14.8 Å². The fourth-order valence-electron chi connectivity index (χ4n) is 2.65. The Morgan fingerprint density at radius 1 is 1.22 bits per heavy atom. The molecule has 1 atom stereocenters. The van der Waals surface area contributed by atoms with Gasteiger partial charge in [0.25, 0.3) is 0 Å². The minimum Gasteiger partial charge on any atom is -0.497 e. The molecule has 1 saturated heterocycles. The van der Waals surface area contributed by atoms with Crippen LogP contribution in [-0.2, 0) is 4.79 Å². The van der Waals surface area contributed by atoms with Gasteiger partial charge in [0, 0.05) is 30.5 Å². The Balaban J connectivity index is 1.95. The van der Waals surface area contributed by atoms with E-state index in [-0.39, 0.29) is 11.8 Å². The van der Waals surface area contributed by atoms with Gasteiger partial charge in [0.2, 0.25) is 5.91 Å². The lowest BCUT2D eigenvalue weighted by Crippen LogP contribution is -2.13. The highest BCUT2D eigenvalue weighted by molar-refractivity contribution is 5.79. The number of carbonyl (C=O) groups is 1. The van der Waals surface area contributed by atoms with Crippen LogP contribution in [0.25, 0.3) is 0 Å². The lowest BCUT2D eigenvalue weighted by Gasteiger charge is -2.16. The summed E-state index contributed by atoms with van der Waals surface area (Å²) in [5, 5.41) is 11.8. The average molecular weight is 308 g/mol. The number of nitriles is 1. The second kappa shape index (κ2) is 6.41. The van der Waals surface area contributed by atoms with E-state index in [0.717, 1.165) is 5.56 Å². The molecule has 5 heteroatoms. The van der Waals surface area contributed by atoms with Crippen LogP contribution in [0.3, 0.4) is 0 Å². The molecular formula is C18H16N2O3. The molecule has 2 aromatic carbocycles. The predicted octanol–water partition coefficient (Wildman–Crippen LogP) is 2.96. The maximum Gasteiger partial charge on any atom is 0.220 e. The van der Waals surface area contributed by atoms with Gasteiger partial charge in [-0.1, -0.05) is 12.1 Å². The highest BCUT2D eigenvalue weighted by atomic mass is 16.5. The number of ether oxygens (including phenoxy) is 2. The molecule has 0 radical (unpaired) electrons. The Hall–Kier alpha value is -3.00. The van der Waals surface area contributed by atoms with Crippen molar-refractivity contribution in [2.75, 3.05) is 13.7 Å². The van der Waals surface area contributed by atoms with Crippen LogP contribution in [0.5, 0.6) is 17.2 Å². The summed E-state index contributed by atoms with van der Waals surface area (Å²) in [6.07, 6.45) is 0.445. The van der Waals surface area contributed by atoms with E-state index < -0.39 is 0 Å². The summed E-state index contributed by atoms with van der Waals surface area (Å²) in [4.78, 5) is 11.5. The summed E-state index contributed by atoms with van der Waals surface area (Å²) in [5.41, 5.74) is 1.48. The summed E-state index contributed by atoms with van der Waals surface area (Å²) in [6.45, 7) is 0.597. The highest BCUT2D eigenvalue weighted by Gasteiger charge is 2.26. The number of benzene rings is 2. The average Bonchev–Trinajstić information content (AvgIpc) is 3.01. The molecule has 1 unspecified atom stereocenters. The van der Waals surface area contributed by atoms with E-state index in [1.807, 2.05) is 12.1 Å². The number of amides is 1. The molecule has 1 aliphatic heterocycles. The number of hydrogen-bond donors (Lipinski definition) is 1. The van der Waals surface area contributed by atoms with Gasteiger partial charge in [0.1, 0.15) is 17.2 Å². The summed E-state index contributed by atoms with van der Waals surface area (Å²) >= 11 is 0. The number of methoxy groups -OCH3 is 1. The van der Waals surface area contributed by atoms with Crippen LogP contribution in [-0.4, -0.2) is 19.6 Å². The maximum absolute atomic E-state index is 11.5. The first kappa shape index (κ1) is 14.9. The van der Waals surface area contributed by atoms with Crippen LogP contribution in [0, 0.1) is 11.3 Å². The van der Waals surface area contributed by atoms with Crippen LogP contribution >= 0.6 is 0 Å². The Kier molecular flexibility index (Phi) is 4.15. The summed E-state index contributed by atoms with van der Waals surface area (Å²) in [6, 6.07) is 14.6. The van der Waals surface area contributed by atoms with Gasteiger partial charge in [0.15, 0.2) is 0 Å². The molecule has 1 N–H and O–H groups in total. The van der Waals surface area contributed by atoms with Gasteiger partial charge in [-0.15, -0.1) is 0 Å². The van der Waals surface area contributed by atoms with Crippen molar-refractivity contribution in [3.05, 3.63) is 53.6 Å². The van der Waals surface area contributed by atoms with Gasteiger partial charge in [-0.05, 0) is 24.3 Å². The second-order valence-electron chi connectivity index (χ2n) is 5.35. The van der Waals surface area contributed by atoms with Crippen molar-refractivity contribution >= 4 is 5.91 Å². The lowest BCUT2D eigenvalue weighted by molar-refractivity contribution is -0.119. The number of carbonyl (C=O) groups excluding carboxylic acids is 1. The van der Waals surface area contributed by atoms with Gasteiger partial charge in [-0.25, -0.2) is 0 Å². The molecule has 0 aromatic heterocycles. The normalized spacial score (nSPS) is 16.5. The molecule has 0 bridgehead atoms. The Morgan fingerprint density at radius 2 is 2.09 bits per heavy atom. The quantitative estimate of drug-likeness (QED) is 0.942. The maximum atomic E-state index is 11.5. The fourth-order valence-corrected chi connectivity index (χ4v) is 2.65. The van der Waals surface area contributed by atoms with E-state index in [1.54, 1.807) is 37.4 Å². The third kappa shape index (κ3) is 3.27. The van der Waals surface area contributed by atoms with Gasteiger partial charge in [-0.2, -0.15) is 5.26 Å². The first-order valence-corrected chi connectivity index (χ1v) is 7.32. The van der Waals surface area contributed by atoms with Crippen molar-refractivity contribution in [3.8, 4) is 23.3 Å². The van der Waals surface area contributed by atoms with Gasteiger partial charge in [-0.3, -0.25) is 4.79 Å². The van der Waals surface area contributed by atoms with Crippen molar-refractivity contribution < 1.29 is 14.3 Å². The van der Waals surface area contributed by atoms with Crippen molar-refractivity contribution in [1.29, 1.82) is 5.26 Å². The lowest BCUT2D eigenvalue weighted by atomic mass is 9.97. The molecule has 5 nitrogen and oxygen atoms in total. The topological polar surface area (TPSA) is 71.3 Å². The third-order valence-corrected chi connectivity index (χ3v) is 3.83. The van der Waals surface area contributed by atoms with Crippen LogP contribution in [0.15, 0.2) is 42.5 Å². The predicted molar refractivity (Wildman–Crippen MR) is 84.6 cm³/mol. The molecule has 1 amide bonds. The minimum absolute atomic E-state index is 0.0447. The first-order valence-electron chi connectivity index (χ1n) is 7.32. The van der Waals surface area contributed by atoms with Crippen LogP contribution in [0.1, 0.15) is 23.5 Å². The van der Waals surface area contributed by atoms with Gasteiger partial charge in [0.05, 0.1) is 18.7 Å². The van der Waals surface area contributed by atoms with E-state index in [9.17, 15) is 4.79 Å². The molecule has 3 rings (SSSR count). The van der Waals surface area contributed by atoms with Gasteiger partial charge >= 0.3 is 0 Å². The van der Waals surface area contributed by atoms with Crippen molar-refractivity contribution in [2.24, 2.45) is 0 Å². The van der Waals surface area contributed by atoms with Crippen LogP contribution in [0.4, 0.5) is 0 Å². The molecule has 116 valence electrons. The van der Waals surface area contributed by atoms with E-state index >= 15 is 0 Å². The van der Waals surface area contributed by atoms with Crippen molar-refractivity contribution in [2.45, 2.75) is 12.3 Å². The summed E-state index contributed by atoms with van der Waals surface area (Å²) < 4.78 is 11.2. The van der Waals surface area contributed by atoms with Crippen LogP contribution < -0.4 is 14.8 Å². The monoisotopic (exact) mass is 308 g/mol. The molecule has 0 saturated carbocycles. The standard InChI is InChI=1S/C18H16N2O3/c1-22-14-5-6-16(13-8-18(21)20-11-13)17(9-14)23-15-4-2-3-12(7-15)10-19/h2-7,9,13H,8,11H2,1H3,(H,20,21). The number of nitrogens with zero attached hydrogens (tertiary/aromatic N) is 1. The SMILES string of the molecule is COc1ccc(C2CNC(=O)C2)c(Oc2cccc(C#N)c2)c1. The molecule has 1 aliphatic rings. The van der Waals surface area contributed by atoms with E-state index in [0.29, 0.717) is 35.8 Å². The van der Waals surface area contributed by atoms with E-state index in [1.165, 1.54) is 0 Å². The zero-order chi connectivity index (χ0) is 16.2.